The summed E-state index contributed by atoms with van der Waals surface area (Å²) in [4.78, 5) is 0. The van der Waals surface area contributed by atoms with E-state index in [0.717, 1.165) is 16.7 Å². The number of aliphatic hydroxyl groups excluding tert-OH is 1. The minimum atomic E-state index is -0.0213. The van der Waals surface area contributed by atoms with Gasteiger partial charge >= 0.3 is 0 Å². The third-order valence-corrected chi connectivity index (χ3v) is 2.90. The fourth-order valence-corrected chi connectivity index (χ4v) is 1.97. The first-order valence-corrected chi connectivity index (χ1v) is 6.14. The summed E-state index contributed by atoms with van der Waals surface area (Å²) in [5.41, 5.74) is 2.91. The molecule has 2 aromatic carbocycles. The maximum atomic E-state index is 9.28. The van der Waals surface area contributed by atoms with E-state index in [1.165, 1.54) is 0 Å². The Morgan fingerprint density at radius 2 is 2.00 bits per heavy atom. The molecule has 0 bridgehead atoms. The van der Waals surface area contributed by atoms with Crippen LogP contribution in [0.3, 0.4) is 0 Å². The molecule has 0 unspecified atom stereocenters. The molecule has 94 valence electrons. The molecule has 0 saturated carbocycles. The molecule has 2 rings (SSSR count). The van der Waals surface area contributed by atoms with Gasteiger partial charge in [-0.05, 0) is 30.7 Å². The van der Waals surface area contributed by atoms with Crippen LogP contribution in [0.2, 0.25) is 5.02 Å². The molecule has 0 aliphatic rings. The summed E-state index contributed by atoms with van der Waals surface area (Å²) < 4.78 is 5.71. The number of hydrogen-bond donors (Lipinski definition) is 1. The van der Waals surface area contributed by atoms with Crippen molar-refractivity contribution >= 4 is 11.6 Å². The van der Waals surface area contributed by atoms with Crippen LogP contribution in [0, 0.1) is 6.92 Å². The number of benzene rings is 2. The molecule has 0 aliphatic heterocycles. The largest absolute Gasteiger partial charge is 0.489 e. The summed E-state index contributed by atoms with van der Waals surface area (Å²) in [6.45, 7) is 2.41. The Hall–Kier alpha value is -1.51. The van der Waals surface area contributed by atoms with Crippen LogP contribution < -0.4 is 4.74 Å². The van der Waals surface area contributed by atoms with Crippen molar-refractivity contribution in [3.8, 4) is 5.75 Å². The second-order valence-corrected chi connectivity index (χ2v) is 4.62. The molecule has 0 aromatic heterocycles. The Morgan fingerprint density at radius 1 is 1.17 bits per heavy atom. The summed E-state index contributed by atoms with van der Waals surface area (Å²) in [6.07, 6.45) is 0. The van der Waals surface area contributed by atoms with E-state index in [1.807, 2.05) is 49.4 Å². The lowest BCUT2D eigenvalue weighted by Crippen LogP contribution is -1.99. The van der Waals surface area contributed by atoms with Crippen LogP contribution in [0.5, 0.6) is 5.75 Å². The number of aryl methyl sites for hydroxylation is 1. The minimum absolute atomic E-state index is 0.0213. The predicted molar refractivity (Wildman–Crippen MR) is 72.9 cm³/mol. The van der Waals surface area contributed by atoms with Crippen molar-refractivity contribution in [3.05, 3.63) is 64.2 Å². The van der Waals surface area contributed by atoms with E-state index in [2.05, 4.69) is 0 Å². The average molecular weight is 263 g/mol. The number of halogens is 1. The second-order valence-electron chi connectivity index (χ2n) is 4.19. The highest BCUT2D eigenvalue weighted by Crippen LogP contribution is 2.21. The van der Waals surface area contributed by atoms with Gasteiger partial charge in [0.1, 0.15) is 12.4 Å². The standard InChI is InChI=1S/C15H15ClO2/c1-11-5-6-15(13(7-11)9-17)18-10-12-3-2-4-14(16)8-12/h2-8,17H,9-10H2,1H3. The van der Waals surface area contributed by atoms with Gasteiger partial charge in [0.05, 0.1) is 6.61 Å². The van der Waals surface area contributed by atoms with Crippen molar-refractivity contribution in [2.75, 3.05) is 0 Å². The number of ether oxygens (including phenoxy) is 1. The quantitative estimate of drug-likeness (QED) is 0.910. The van der Waals surface area contributed by atoms with Gasteiger partial charge in [-0.2, -0.15) is 0 Å². The molecule has 0 amide bonds. The van der Waals surface area contributed by atoms with E-state index in [0.29, 0.717) is 17.4 Å². The number of aliphatic hydroxyl groups is 1. The Labute approximate surface area is 112 Å². The maximum Gasteiger partial charge on any atom is 0.125 e. The zero-order valence-corrected chi connectivity index (χ0v) is 10.9. The molecular formula is C15H15ClO2. The van der Waals surface area contributed by atoms with Crippen LogP contribution in [0.25, 0.3) is 0 Å². The fourth-order valence-electron chi connectivity index (χ4n) is 1.76. The van der Waals surface area contributed by atoms with E-state index < -0.39 is 0 Å². The van der Waals surface area contributed by atoms with Gasteiger partial charge in [-0.3, -0.25) is 0 Å². The van der Waals surface area contributed by atoms with Crippen molar-refractivity contribution in [2.45, 2.75) is 20.1 Å². The molecule has 3 heteroatoms. The first-order chi connectivity index (χ1) is 8.69. The topological polar surface area (TPSA) is 29.5 Å². The monoisotopic (exact) mass is 262 g/mol. The first kappa shape index (κ1) is 12.9. The van der Waals surface area contributed by atoms with Gasteiger partial charge in [0, 0.05) is 10.6 Å². The van der Waals surface area contributed by atoms with Crippen molar-refractivity contribution in [1.82, 2.24) is 0 Å². The SMILES string of the molecule is Cc1ccc(OCc2cccc(Cl)c2)c(CO)c1. The highest BCUT2D eigenvalue weighted by molar-refractivity contribution is 6.30. The lowest BCUT2D eigenvalue weighted by atomic mass is 10.1. The van der Waals surface area contributed by atoms with Gasteiger partial charge < -0.3 is 9.84 Å². The van der Waals surface area contributed by atoms with Crippen LogP contribution in [0.15, 0.2) is 42.5 Å². The normalized spacial score (nSPS) is 10.4. The molecule has 0 atom stereocenters. The highest BCUT2D eigenvalue weighted by atomic mass is 35.5. The predicted octanol–water partition coefficient (Wildman–Crippen LogP) is 3.72. The molecule has 0 spiro atoms. The number of hydrogen-bond acceptors (Lipinski definition) is 2. The molecule has 0 heterocycles. The van der Waals surface area contributed by atoms with E-state index in [4.69, 9.17) is 16.3 Å². The van der Waals surface area contributed by atoms with Gasteiger partial charge in [-0.25, -0.2) is 0 Å². The fraction of sp³-hybridized carbons (Fsp3) is 0.200. The summed E-state index contributed by atoms with van der Waals surface area (Å²) in [7, 11) is 0. The summed E-state index contributed by atoms with van der Waals surface area (Å²) >= 11 is 5.91. The molecule has 0 aliphatic carbocycles. The van der Waals surface area contributed by atoms with Crippen molar-refractivity contribution in [3.63, 3.8) is 0 Å². The van der Waals surface area contributed by atoms with Crippen molar-refractivity contribution in [2.24, 2.45) is 0 Å². The van der Waals surface area contributed by atoms with Crippen LogP contribution >= 0.6 is 11.6 Å². The van der Waals surface area contributed by atoms with E-state index >= 15 is 0 Å². The lowest BCUT2D eigenvalue weighted by molar-refractivity contribution is 0.259. The van der Waals surface area contributed by atoms with Crippen LogP contribution in [-0.2, 0) is 13.2 Å². The van der Waals surface area contributed by atoms with Crippen molar-refractivity contribution < 1.29 is 9.84 Å². The van der Waals surface area contributed by atoms with Gasteiger partial charge in [0.25, 0.3) is 0 Å². The third kappa shape index (κ3) is 3.25. The molecular weight excluding hydrogens is 248 g/mol. The summed E-state index contributed by atoms with van der Waals surface area (Å²) in [6, 6.07) is 13.3. The molecule has 1 N–H and O–H groups in total. The van der Waals surface area contributed by atoms with E-state index in [-0.39, 0.29) is 6.61 Å². The smallest absolute Gasteiger partial charge is 0.125 e. The Morgan fingerprint density at radius 3 is 2.72 bits per heavy atom. The molecule has 2 nitrogen and oxygen atoms in total. The molecule has 0 radical (unpaired) electrons. The Kier molecular flexibility index (Phi) is 4.24. The van der Waals surface area contributed by atoms with Crippen LogP contribution in [-0.4, -0.2) is 5.11 Å². The lowest BCUT2D eigenvalue weighted by Gasteiger charge is -2.11. The Balaban J connectivity index is 2.10. The molecule has 2 aromatic rings. The van der Waals surface area contributed by atoms with E-state index in [9.17, 15) is 5.11 Å². The van der Waals surface area contributed by atoms with Crippen LogP contribution in [0.1, 0.15) is 16.7 Å². The highest BCUT2D eigenvalue weighted by Gasteiger charge is 2.03. The summed E-state index contributed by atoms with van der Waals surface area (Å²) in [5, 5.41) is 9.98. The number of rotatable bonds is 4. The Bertz CT molecular complexity index is 538. The van der Waals surface area contributed by atoms with Gasteiger partial charge in [0.2, 0.25) is 0 Å². The van der Waals surface area contributed by atoms with Crippen LogP contribution in [0.4, 0.5) is 0 Å². The van der Waals surface area contributed by atoms with Crippen molar-refractivity contribution in [1.29, 1.82) is 0 Å². The van der Waals surface area contributed by atoms with Gasteiger partial charge in [0.15, 0.2) is 0 Å². The zero-order valence-electron chi connectivity index (χ0n) is 10.2. The zero-order chi connectivity index (χ0) is 13.0. The minimum Gasteiger partial charge on any atom is -0.489 e. The van der Waals surface area contributed by atoms with E-state index in [1.54, 1.807) is 0 Å². The average Bonchev–Trinajstić information content (AvgIpc) is 2.37. The van der Waals surface area contributed by atoms with Gasteiger partial charge in [-0.1, -0.05) is 41.4 Å². The summed E-state index contributed by atoms with van der Waals surface area (Å²) in [5.74, 6) is 0.711. The molecule has 0 saturated heterocycles. The molecule has 18 heavy (non-hydrogen) atoms. The van der Waals surface area contributed by atoms with Gasteiger partial charge in [-0.15, -0.1) is 0 Å². The molecule has 0 fully saturated rings. The third-order valence-electron chi connectivity index (χ3n) is 2.67. The second kappa shape index (κ2) is 5.89. The first-order valence-electron chi connectivity index (χ1n) is 5.76. The maximum absolute atomic E-state index is 9.28.